The number of rotatable bonds is 4. The SMILES string of the molecule is CC(C)Cc1ccc(C(F)(F)C2CC2)cc1. The quantitative estimate of drug-likeness (QED) is 0.711. The molecule has 1 aromatic carbocycles. The van der Waals surface area contributed by atoms with Crippen molar-refractivity contribution in [1.29, 1.82) is 0 Å². The topological polar surface area (TPSA) is 0 Å². The molecule has 2 rings (SSSR count). The lowest BCUT2D eigenvalue weighted by Gasteiger charge is -2.16. The number of hydrogen-bond donors (Lipinski definition) is 0. The van der Waals surface area contributed by atoms with Crippen LogP contribution in [-0.2, 0) is 12.3 Å². The molecule has 0 nitrogen and oxygen atoms in total. The molecule has 0 spiro atoms. The largest absolute Gasteiger partial charge is 0.276 e. The average molecular weight is 224 g/mol. The number of halogens is 2. The van der Waals surface area contributed by atoms with Crippen molar-refractivity contribution in [2.75, 3.05) is 0 Å². The zero-order valence-corrected chi connectivity index (χ0v) is 9.84. The maximum Gasteiger partial charge on any atom is 0.276 e. The molecule has 0 N–H and O–H groups in total. The lowest BCUT2D eigenvalue weighted by molar-refractivity contribution is -0.0285. The summed E-state index contributed by atoms with van der Waals surface area (Å²) >= 11 is 0. The third kappa shape index (κ3) is 2.42. The highest BCUT2D eigenvalue weighted by Gasteiger charge is 2.47. The molecule has 0 bridgehead atoms. The predicted octanol–water partition coefficient (Wildman–Crippen LogP) is 4.39. The Morgan fingerprint density at radius 1 is 1.19 bits per heavy atom. The summed E-state index contributed by atoms with van der Waals surface area (Å²) in [6.07, 6.45) is 2.29. The second-order valence-electron chi connectivity index (χ2n) is 5.19. The maximum absolute atomic E-state index is 13.7. The standard InChI is InChI=1S/C14H18F2/c1-10(2)9-11-3-5-12(6-4-11)14(15,16)13-7-8-13/h3-6,10,13H,7-9H2,1-2H3. The van der Waals surface area contributed by atoms with Crippen LogP contribution in [0.2, 0.25) is 0 Å². The summed E-state index contributed by atoms with van der Waals surface area (Å²) in [6.45, 7) is 4.26. The first kappa shape index (κ1) is 11.6. The van der Waals surface area contributed by atoms with Crippen LogP contribution in [0.5, 0.6) is 0 Å². The summed E-state index contributed by atoms with van der Waals surface area (Å²) in [5.74, 6) is -2.46. The Morgan fingerprint density at radius 2 is 1.75 bits per heavy atom. The van der Waals surface area contributed by atoms with Gasteiger partial charge in [0.15, 0.2) is 0 Å². The Bertz CT molecular complexity index is 348. The molecular weight excluding hydrogens is 206 g/mol. The van der Waals surface area contributed by atoms with Gasteiger partial charge >= 0.3 is 0 Å². The van der Waals surface area contributed by atoms with E-state index in [4.69, 9.17) is 0 Å². The molecule has 16 heavy (non-hydrogen) atoms. The van der Waals surface area contributed by atoms with Crippen LogP contribution >= 0.6 is 0 Å². The van der Waals surface area contributed by atoms with Gasteiger partial charge in [0.1, 0.15) is 0 Å². The Hall–Kier alpha value is -0.920. The van der Waals surface area contributed by atoms with E-state index < -0.39 is 11.8 Å². The summed E-state index contributed by atoms with van der Waals surface area (Å²) in [5.41, 5.74) is 1.33. The molecule has 1 aromatic rings. The van der Waals surface area contributed by atoms with Crippen LogP contribution in [0.4, 0.5) is 8.78 Å². The normalized spacial score (nSPS) is 16.8. The van der Waals surface area contributed by atoms with Crippen LogP contribution in [0.25, 0.3) is 0 Å². The third-order valence-electron chi connectivity index (χ3n) is 3.07. The van der Waals surface area contributed by atoms with Crippen LogP contribution in [0.15, 0.2) is 24.3 Å². The van der Waals surface area contributed by atoms with Crippen molar-refractivity contribution >= 4 is 0 Å². The first-order valence-corrected chi connectivity index (χ1v) is 5.97. The number of benzene rings is 1. The van der Waals surface area contributed by atoms with Gasteiger partial charge in [-0.15, -0.1) is 0 Å². The van der Waals surface area contributed by atoms with Crippen LogP contribution in [0.1, 0.15) is 37.8 Å². The van der Waals surface area contributed by atoms with Gasteiger partial charge in [-0.25, -0.2) is 8.78 Å². The zero-order chi connectivity index (χ0) is 11.8. The predicted molar refractivity (Wildman–Crippen MR) is 61.6 cm³/mol. The molecule has 0 aromatic heterocycles. The lowest BCUT2D eigenvalue weighted by Crippen LogP contribution is -2.15. The zero-order valence-electron chi connectivity index (χ0n) is 9.84. The highest BCUT2D eigenvalue weighted by molar-refractivity contribution is 5.27. The van der Waals surface area contributed by atoms with Crippen molar-refractivity contribution in [1.82, 2.24) is 0 Å². The molecule has 1 fully saturated rings. The van der Waals surface area contributed by atoms with E-state index in [9.17, 15) is 8.78 Å². The van der Waals surface area contributed by atoms with Crippen LogP contribution in [-0.4, -0.2) is 0 Å². The van der Waals surface area contributed by atoms with E-state index in [2.05, 4.69) is 13.8 Å². The smallest absolute Gasteiger partial charge is 0.201 e. The van der Waals surface area contributed by atoms with Crippen molar-refractivity contribution < 1.29 is 8.78 Å². The number of alkyl halides is 2. The molecule has 1 aliphatic rings. The first-order chi connectivity index (χ1) is 7.50. The summed E-state index contributed by atoms with van der Waals surface area (Å²) in [5, 5.41) is 0. The molecule has 0 radical (unpaired) electrons. The van der Waals surface area contributed by atoms with Crippen LogP contribution < -0.4 is 0 Å². The molecule has 0 atom stereocenters. The highest BCUT2D eigenvalue weighted by atomic mass is 19.3. The molecule has 88 valence electrons. The van der Waals surface area contributed by atoms with Crippen LogP contribution in [0, 0.1) is 11.8 Å². The van der Waals surface area contributed by atoms with Gasteiger partial charge < -0.3 is 0 Å². The van der Waals surface area contributed by atoms with Crippen molar-refractivity contribution in [2.24, 2.45) is 11.8 Å². The Balaban J connectivity index is 2.12. The van der Waals surface area contributed by atoms with Gasteiger partial charge in [0.2, 0.25) is 0 Å². The first-order valence-electron chi connectivity index (χ1n) is 5.97. The van der Waals surface area contributed by atoms with Crippen molar-refractivity contribution in [2.45, 2.75) is 39.0 Å². The van der Waals surface area contributed by atoms with E-state index in [1.165, 1.54) is 0 Å². The second-order valence-corrected chi connectivity index (χ2v) is 5.19. The highest BCUT2D eigenvalue weighted by Crippen LogP contribution is 2.49. The van der Waals surface area contributed by atoms with Gasteiger partial charge in [0.05, 0.1) is 0 Å². The van der Waals surface area contributed by atoms with E-state index in [-0.39, 0.29) is 5.56 Å². The summed E-state index contributed by atoms with van der Waals surface area (Å²) in [4.78, 5) is 0. The average Bonchev–Trinajstić information content (AvgIpc) is 3.00. The molecular formula is C14H18F2. The molecule has 0 amide bonds. The van der Waals surface area contributed by atoms with Crippen molar-refractivity contribution in [3.63, 3.8) is 0 Å². The minimum atomic E-state index is -2.61. The van der Waals surface area contributed by atoms with E-state index >= 15 is 0 Å². The molecule has 0 aliphatic heterocycles. The van der Waals surface area contributed by atoms with E-state index in [0.717, 1.165) is 12.0 Å². The fourth-order valence-electron chi connectivity index (χ4n) is 2.02. The van der Waals surface area contributed by atoms with E-state index in [1.807, 2.05) is 12.1 Å². The third-order valence-corrected chi connectivity index (χ3v) is 3.07. The van der Waals surface area contributed by atoms with Gasteiger partial charge in [-0.1, -0.05) is 38.1 Å². The Kier molecular flexibility index (Phi) is 3.00. The fourth-order valence-corrected chi connectivity index (χ4v) is 2.02. The minimum Gasteiger partial charge on any atom is -0.201 e. The molecule has 0 unspecified atom stereocenters. The Morgan fingerprint density at radius 3 is 2.19 bits per heavy atom. The van der Waals surface area contributed by atoms with Gasteiger partial charge in [0.25, 0.3) is 5.92 Å². The van der Waals surface area contributed by atoms with E-state index in [1.54, 1.807) is 12.1 Å². The van der Waals surface area contributed by atoms with E-state index in [0.29, 0.717) is 18.8 Å². The van der Waals surface area contributed by atoms with Gasteiger partial charge in [0, 0.05) is 11.5 Å². The summed E-state index contributed by atoms with van der Waals surface area (Å²) < 4.78 is 27.5. The summed E-state index contributed by atoms with van der Waals surface area (Å²) in [6, 6.07) is 6.86. The fraction of sp³-hybridized carbons (Fsp3) is 0.571. The van der Waals surface area contributed by atoms with Gasteiger partial charge in [-0.05, 0) is 30.7 Å². The molecule has 1 aliphatic carbocycles. The number of hydrogen-bond acceptors (Lipinski definition) is 0. The summed E-state index contributed by atoms with van der Waals surface area (Å²) in [7, 11) is 0. The molecule has 1 saturated carbocycles. The van der Waals surface area contributed by atoms with Crippen molar-refractivity contribution in [3.8, 4) is 0 Å². The van der Waals surface area contributed by atoms with Crippen LogP contribution in [0.3, 0.4) is 0 Å². The monoisotopic (exact) mass is 224 g/mol. The minimum absolute atomic E-state index is 0.183. The second kappa shape index (κ2) is 4.15. The molecule has 0 saturated heterocycles. The van der Waals surface area contributed by atoms with Gasteiger partial charge in [-0.2, -0.15) is 0 Å². The molecule has 0 heterocycles. The maximum atomic E-state index is 13.7. The van der Waals surface area contributed by atoms with Crippen molar-refractivity contribution in [3.05, 3.63) is 35.4 Å². The lowest BCUT2D eigenvalue weighted by atomic mass is 9.98. The van der Waals surface area contributed by atoms with Gasteiger partial charge in [-0.3, -0.25) is 0 Å². The molecule has 2 heteroatoms. The Labute approximate surface area is 95.7 Å².